The van der Waals surface area contributed by atoms with Gasteiger partial charge in [0.25, 0.3) is 0 Å². The van der Waals surface area contributed by atoms with Gasteiger partial charge in [-0.2, -0.15) is 0 Å². The molecule has 1 atom stereocenters. The number of pyridine rings is 1. The van der Waals surface area contributed by atoms with E-state index in [1.54, 1.807) is 11.1 Å². The second kappa shape index (κ2) is 8.07. The van der Waals surface area contributed by atoms with Crippen LogP contribution in [-0.2, 0) is 11.3 Å². The van der Waals surface area contributed by atoms with E-state index in [1.165, 1.54) is 11.3 Å². The molecule has 1 amide bonds. The Labute approximate surface area is 151 Å². The van der Waals surface area contributed by atoms with Crippen molar-refractivity contribution in [2.75, 3.05) is 33.2 Å². The number of piperazine rings is 1. The molecule has 0 bridgehead atoms. The summed E-state index contributed by atoms with van der Waals surface area (Å²) in [7, 11) is 1.84. The first-order chi connectivity index (χ1) is 11.6. The number of hydrogen-bond donors (Lipinski definition) is 1. The van der Waals surface area contributed by atoms with Crippen molar-refractivity contribution in [2.45, 2.75) is 12.6 Å². The van der Waals surface area contributed by atoms with Gasteiger partial charge in [-0.05, 0) is 23.8 Å². The predicted molar refractivity (Wildman–Crippen MR) is 97.2 cm³/mol. The van der Waals surface area contributed by atoms with Crippen LogP contribution in [0.15, 0.2) is 36.7 Å². The van der Waals surface area contributed by atoms with Gasteiger partial charge in [0.2, 0.25) is 5.91 Å². The Bertz CT molecular complexity index is 678. The lowest BCUT2D eigenvalue weighted by molar-refractivity contribution is -0.132. The number of carbonyl (C=O) groups excluding carboxylic acids is 1. The summed E-state index contributed by atoms with van der Waals surface area (Å²) in [6.45, 7) is 3.60. The number of halogens is 1. The van der Waals surface area contributed by atoms with Crippen molar-refractivity contribution >= 4 is 28.8 Å². The molecule has 2 aromatic rings. The summed E-state index contributed by atoms with van der Waals surface area (Å²) in [6.07, 6.45) is 3.65. The third-order valence-corrected chi connectivity index (χ3v) is 5.43. The van der Waals surface area contributed by atoms with Crippen molar-refractivity contribution < 1.29 is 4.79 Å². The van der Waals surface area contributed by atoms with Crippen molar-refractivity contribution in [1.29, 1.82) is 0 Å². The smallest absolute Gasteiger partial charge is 0.236 e. The summed E-state index contributed by atoms with van der Waals surface area (Å²) < 4.78 is 0.754. The van der Waals surface area contributed by atoms with E-state index in [1.807, 2.05) is 31.4 Å². The fourth-order valence-corrected chi connectivity index (χ4v) is 4.03. The number of rotatable bonds is 5. The molecule has 3 rings (SSSR count). The second-order valence-electron chi connectivity index (χ2n) is 5.93. The summed E-state index contributed by atoms with van der Waals surface area (Å²) >= 11 is 7.48. The molecule has 0 saturated carbocycles. The van der Waals surface area contributed by atoms with Crippen LogP contribution in [0.3, 0.4) is 0 Å². The normalized spacial score (nSPS) is 18.5. The lowest BCUT2D eigenvalue weighted by atomic mass is 10.1. The van der Waals surface area contributed by atoms with Gasteiger partial charge in [-0.15, -0.1) is 11.3 Å². The summed E-state index contributed by atoms with van der Waals surface area (Å²) in [4.78, 5) is 21.9. The number of carbonyl (C=O) groups is 1. The standard InChI is InChI=1S/C17H21ClN4OS/c1-21(11-14-4-5-16(18)24-14)17(23)12-22-8-7-20-10-15(22)13-3-2-6-19-9-13/h2-6,9,15,20H,7-8,10-12H2,1H3. The lowest BCUT2D eigenvalue weighted by Gasteiger charge is -2.36. The van der Waals surface area contributed by atoms with Crippen molar-refractivity contribution in [3.63, 3.8) is 0 Å². The minimum Gasteiger partial charge on any atom is -0.340 e. The fourth-order valence-electron chi connectivity index (χ4n) is 2.89. The van der Waals surface area contributed by atoms with E-state index in [2.05, 4.69) is 21.3 Å². The zero-order chi connectivity index (χ0) is 16.9. The summed E-state index contributed by atoms with van der Waals surface area (Å²) in [5, 5.41) is 3.40. The zero-order valence-corrected chi connectivity index (χ0v) is 15.2. The van der Waals surface area contributed by atoms with Crippen molar-refractivity contribution in [3.8, 4) is 0 Å². The number of thiophene rings is 1. The average Bonchev–Trinajstić information content (AvgIpc) is 3.01. The van der Waals surface area contributed by atoms with Crippen LogP contribution in [0, 0.1) is 0 Å². The Balaban J connectivity index is 1.63. The molecule has 5 nitrogen and oxygen atoms in total. The topological polar surface area (TPSA) is 48.5 Å². The van der Waals surface area contributed by atoms with Crippen LogP contribution in [0.2, 0.25) is 4.34 Å². The molecule has 3 heterocycles. The molecule has 1 aliphatic rings. The molecule has 1 unspecified atom stereocenters. The van der Waals surface area contributed by atoms with Crippen molar-refractivity contribution in [1.82, 2.24) is 20.1 Å². The summed E-state index contributed by atoms with van der Waals surface area (Å²) in [6, 6.07) is 8.03. The summed E-state index contributed by atoms with van der Waals surface area (Å²) in [5.41, 5.74) is 1.14. The lowest BCUT2D eigenvalue weighted by Crippen LogP contribution is -2.49. The maximum absolute atomic E-state index is 12.6. The predicted octanol–water partition coefficient (Wildman–Crippen LogP) is 2.40. The molecule has 0 aromatic carbocycles. The highest BCUT2D eigenvalue weighted by molar-refractivity contribution is 7.16. The quantitative estimate of drug-likeness (QED) is 0.885. The number of aromatic nitrogens is 1. The second-order valence-corrected chi connectivity index (χ2v) is 7.73. The van der Waals surface area contributed by atoms with Crippen LogP contribution in [0.4, 0.5) is 0 Å². The van der Waals surface area contributed by atoms with E-state index in [0.29, 0.717) is 13.1 Å². The minimum atomic E-state index is 0.121. The van der Waals surface area contributed by atoms with Crippen LogP contribution in [0.1, 0.15) is 16.5 Å². The fraction of sp³-hybridized carbons (Fsp3) is 0.412. The van der Waals surface area contributed by atoms with Gasteiger partial charge in [0.05, 0.1) is 17.4 Å². The number of nitrogens with one attached hydrogen (secondary N) is 1. The van der Waals surface area contributed by atoms with Gasteiger partial charge in [-0.1, -0.05) is 17.7 Å². The third kappa shape index (κ3) is 4.33. The average molecular weight is 365 g/mol. The van der Waals surface area contributed by atoms with Crippen molar-refractivity contribution in [3.05, 3.63) is 51.4 Å². The molecule has 128 valence electrons. The zero-order valence-electron chi connectivity index (χ0n) is 13.6. The van der Waals surface area contributed by atoms with Crippen LogP contribution in [0.5, 0.6) is 0 Å². The first kappa shape index (κ1) is 17.4. The largest absolute Gasteiger partial charge is 0.340 e. The molecule has 1 aliphatic heterocycles. The van der Waals surface area contributed by atoms with Crippen molar-refractivity contribution in [2.24, 2.45) is 0 Å². The van der Waals surface area contributed by atoms with Gasteiger partial charge in [0.15, 0.2) is 0 Å². The van der Waals surface area contributed by atoms with E-state index in [9.17, 15) is 4.79 Å². The van der Waals surface area contributed by atoms with E-state index >= 15 is 0 Å². The van der Waals surface area contributed by atoms with Gasteiger partial charge in [0.1, 0.15) is 0 Å². The molecule has 2 aromatic heterocycles. The van der Waals surface area contributed by atoms with E-state index in [-0.39, 0.29) is 11.9 Å². The highest BCUT2D eigenvalue weighted by Crippen LogP contribution is 2.23. The van der Waals surface area contributed by atoms with Gasteiger partial charge in [-0.25, -0.2) is 0 Å². The Kier molecular flexibility index (Phi) is 5.84. The summed E-state index contributed by atoms with van der Waals surface area (Å²) in [5.74, 6) is 0.121. The molecular formula is C17H21ClN4OS. The minimum absolute atomic E-state index is 0.121. The van der Waals surface area contributed by atoms with E-state index in [0.717, 1.165) is 34.4 Å². The maximum Gasteiger partial charge on any atom is 0.236 e. The number of nitrogens with zero attached hydrogens (tertiary/aromatic N) is 3. The molecule has 1 fully saturated rings. The molecule has 0 aliphatic carbocycles. The Morgan fingerprint density at radius 1 is 1.50 bits per heavy atom. The number of likely N-dealkylation sites (N-methyl/N-ethyl adjacent to an activating group) is 1. The van der Waals surface area contributed by atoms with E-state index < -0.39 is 0 Å². The number of amides is 1. The van der Waals surface area contributed by atoms with Crippen LogP contribution in [0.25, 0.3) is 0 Å². The monoisotopic (exact) mass is 364 g/mol. The molecule has 0 spiro atoms. The van der Waals surface area contributed by atoms with Crippen LogP contribution < -0.4 is 5.32 Å². The highest BCUT2D eigenvalue weighted by atomic mass is 35.5. The molecule has 7 heteroatoms. The molecule has 1 saturated heterocycles. The Morgan fingerprint density at radius 2 is 2.38 bits per heavy atom. The molecule has 1 N–H and O–H groups in total. The first-order valence-corrected chi connectivity index (χ1v) is 9.16. The molecule has 0 radical (unpaired) electrons. The SMILES string of the molecule is CN(Cc1ccc(Cl)s1)C(=O)CN1CCNCC1c1cccnc1. The van der Waals surface area contributed by atoms with E-state index in [4.69, 9.17) is 11.6 Å². The third-order valence-electron chi connectivity index (χ3n) is 4.21. The van der Waals surface area contributed by atoms with Crippen LogP contribution >= 0.6 is 22.9 Å². The highest BCUT2D eigenvalue weighted by Gasteiger charge is 2.26. The number of hydrogen-bond acceptors (Lipinski definition) is 5. The van der Waals surface area contributed by atoms with Gasteiger partial charge < -0.3 is 10.2 Å². The maximum atomic E-state index is 12.6. The molecule has 24 heavy (non-hydrogen) atoms. The van der Waals surface area contributed by atoms with Gasteiger partial charge in [0, 0.05) is 50.0 Å². The first-order valence-electron chi connectivity index (χ1n) is 7.96. The Morgan fingerprint density at radius 3 is 3.08 bits per heavy atom. The Hall–Kier alpha value is -1.47. The van der Waals surface area contributed by atoms with Gasteiger partial charge >= 0.3 is 0 Å². The van der Waals surface area contributed by atoms with Gasteiger partial charge in [-0.3, -0.25) is 14.7 Å². The molecular weight excluding hydrogens is 344 g/mol. The van der Waals surface area contributed by atoms with Crippen LogP contribution in [-0.4, -0.2) is 53.9 Å².